The van der Waals surface area contributed by atoms with E-state index in [4.69, 9.17) is 4.74 Å². The minimum atomic E-state index is -0.947. The highest BCUT2D eigenvalue weighted by molar-refractivity contribution is 5.97. The summed E-state index contributed by atoms with van der Waals surface area (Å²) >= 11 is 0. The molecule has 0 aromatic heterocycles. The van der Waals surface area contributed by atoms with Gasteiger partial charge >= 0.3 is 11.9 Å². The summed E-state index contributed by atoms with van der Waals surface area (Å²) in [6.07, 6.45) is 5.15. The van der Waals surface area contributed by atoms with E-state index in [2.05, 4.69) is 17.5 Å². The normalized spacial score (nSPS) is 22.9. The van der Waals surface area contributed by atoms with Gasteiger partial charge in [0.15, 0.2) is 0 Å². The van der Waals surface area contributed by atoms with Crippen LogP contribution in [0.2, 0.25) is 0 Å². The fraction of sp³-hybridized carbons (Fsp3) is 0.238. The topological polar surface area (TPSA) is 75.6 Å². The highest BCUT2D eigenvalue weighted by Gasteiger charge is 2.40. The van der Waals surface area contributed by atoms with Gasteiger partial charge in [0.1, 0.15) is 0 Å². The van der Waals surface area contributed by atoms with E-state index in [1.807, 2.05) is 24.3 Å². The maximum Gasteiger partial charge on any atom is 0.339 e. The summed E-state index contributed by atoms with van der Waals surface area (Å²) in [5.41, 5.74) is 3.29. The molecule has 26 heavy (non-hydrogen) atoms. The maximum absolute atomic E-state index is 12.2. The minimum absolute atomic E-state index is 0.141. The summed E-state index contributed by atoms with van der Waals surface area (Å²) in [6.45, 7) is 0. The molecule has 2 aliphatic rings. The van der Waals surface area contributed by atoms with Crippen molar-refractivity contribution >= 4 is 17.6 Å². The van der Waals surface area contributed by atoms with Gasteiger partial charge in [-0.3, -0.25) is 0 Å². The number of rotatable bonds is 3. The lowest BCUT2D eigenvalue weighted by Gasteiger charge is -2.38. The summed E-state index contributed by atoms with van der Waals surface area (Å²) < 4.78 is 4.93. The van der Waals surface area contributed by atoms with Crippen LogP contribution in [0.1, 0.15) is 50.2 Å². The van der Waals surface area contributed by atoms with Crippen molar-refractivity contribution in [3.05, 3.63) is 76.9 Å². The Morgan fingerprint density at radius 1 is 1.08 bits per heavy atom. The summed E-state index contributed by atoms with van der Waals surface area (Å²) in [4.78, 5) is 23.9. The van der Waals surface area contributed by atoms with Crippen LogP contribution in [0.4, 0.5) is 5.69 Å². The molecule has 5 nitrogen and oxygen atoms in total. The average molecular weight is 349 g/mol. The molecule has 0 saturated heterocycles. The van der Waals surface area contributed by atoms with Crippen LogP contribution in [0.5, 0.6) is 0 Å². The molecule has 5 heteroatoms. The largest absolute Gasteiger partial charge is 0.478 e. The zero-order chi connectivity index (χ0) is 18.3. The predicted molar refractivity (Wildman–Crippen MR) is 97.5 cm³/mol. The van der Waals surface area contributed by atoms with E-state index in [0.29, 0.717) is 5.56 Å². The van der Waals surface area contributed by atoms with Crippen molar-refractivity contribution in [1.82, 2.24) is 0 Å². The van der Waals surface area contributed by atoms with Crippen LogP contribution in [0.3, 0.4) is 0 Å². The standard InChI is InChI=1S/C21H19NO4/c1-26-21(25)17-11-5-10-14-12-8-4-9-13(12)18(22-19(14)17)15-6-2-3-7-16(15)20(23)24/h2-8,10-13,18,22H,9H2,1H3,(H,23,24)/t12-,13-,18-/m0/s1. The number of carbonyl (C=O) groups is 2. The monoisotopic (exact) mass is 349 g/mol. The van der Waals surface area contributed by atoms with Crippen molar-refractivity contribution in [3.8, 4) is 0 Å². The Balaban J connectivity index is 1.87. The number of ether oxygens (including phenoxy) is 1. The molecule has 2 aromatic carbocycles. The van der Waals surface area contributed by atoms with E-state index < -0.39 is 11.9 Å². The van der Waals surface area contributed by atoms with Gasteiger partial charge in [0, 0.05) is 5.92 Å². The molecular formula is C21H19NO4. The first-order chi connectivity index (χ1) is 12.6. The molecule has 4 rings (SSSR count). The zero-order valence-corrected chi connectivity index (χ0v) is 14.3. The van der Waals surface area contributed by atoms with Crippen LogP contribution >= 0.6 is 0 Å². The van der Waals surface area contributed by atoms with Gasteiger partial charge in [-0.1, -0.05) is 42.5 Å². The molecule has 0 bridgehead atoms. The van der Waals surface area contributed by atoms with Gasteiger partial charge in [-0.2, -0.15) is 0 Å². The Hall–Kier alpha value is -3.08. The van der Waals surface area contributed by atoms with Gasteiger partial charge in [-0.15, -0.1) is 0 Å². The van der Waals surface area contributed by atoms with E-state index in [0.717, 1.165) is 23.2 Å². The van der Waals surface area contributed by atoms with Crippen LogP contribution in [-0.2, 0) is 4.74 Å². The van der Waals surface area contributed by atoms with Crippen molar-refractivity contribution < 1.29 is 19.4 Å². The van der Waals surface area contributed by atoms with Gasteiger partial charge in [-0.05, 0) is 35.6 Å². The molecule has 0 unspecified atom stereocenters. The summed E-state index contributed by atoms with van der Waals surface area (Å²) in [7, 11) is 1.36. The van der Waals surface area contributed by atoms with Gasteiger partial charge in [-0.25, -0.2) is 9.59 Å². The number of benzene rings is 2. The van der Waals surface area contributed by atoms with Crippen molar-refractivity contribution in [2.75, 3.05) is 12.4 Å². The smallest absolute Gasteiger partial charge is 0.339 e. The van der Waals surface area contributed by atoms with Crippen molar-refractivity contribution in [3.63, 3.8) is 0 Å². The molecule has 2 N–H and O–H groups in total. The fourth-order valence-corrected chi connectivity index (χ4v) is 4.17. The molecule has 1 aliphatic carbocycles. The number of methoxy groups -OCH3 is 1. The van der Waals surface area contributed by atoms with Crippen LogP contribution in [0.15, 0.2) is 54.6 Å². The Labute approximate surface area is 151 Å². The van der Waals surface area contributed by atoms with Crippen LogP contribution in [0, 0.1) is 5.92 Å². The molecule has 132 valence electrons. The Bertz CT molecular complexity index is 918. The second-order valence-electron chi connectivity index (χ2n) is 6.63. The van der Waals surface area contributed by atoms with Gasteiger partial charge in [0.05, 0.1) is 30.0 Å². The number of carbonyl (C=O) groups excluding carboxylic acids is 1. The van der Waals surface area contributed by atoms with Crippen LogP contribution in [0.25, 0.3) is 0 Å². The van der Waals surface area contributed by atoms with E-state index in [1.165, 1.54) is 7.11 Å². The fourth-order valence-electron chi connectivity index (χ4n) is 4.17. The number of esters is 1. The van der Waals surface area contributed by atoms with Crippen molar-refractivity contribution in [2.45, 2.75) is 18.4 Å². The first kappa shape index (κ1) is 16.4. The van der Waals surface area contributed by atoms with Gasteiger partial charge < -0.3 is 15.2 Å². The molecule has 0 saturated carbocycles. The summed E-state index contributed by atoms with van der Waals surface area (Å²) in [6, 6.07) is 12.5. The minimum Gasteiger partial charge on any atom is -0.478 e. The lowest BCUT2D eigenvalue weighted by atomic mass is 9.75. The zero-order valence-electron chi connectivity index (χ0n) is 14.3. The SMILES string of the molecule is COC(=O)c1cccc2c1N[C@H](c1ccccc1C(=O)O)[C@H]1CC=C[C@H]21. The average Bonchev–Trinajstić information content (AvgIpc) is 3.16. The van der Waals surface area contributed by atoms with Crippen LogP contribution < -0.4 is 5.32 Å². The first-order valence-electron chi connectivity index (χ1n) is 8.58. The quantitative estimate of drug-likeness (QED) is 0.647. The number of hydrogen-bond acceptors (Lipinski definition) is 4. The number of carboxylic acid groups (broad SMARTS) is 1. The maximum atomic E-state index is 12.2. The molecule has 3 atom stereocenters. The third-order valence-electron chi connectivity index (χ3n) is 5.33. The Kier molecular flexibility index (Phi) is 3.99. The number of allylic oxidation sites excluding steroid dienone is 2. The number of anilines is 1. The molecule has 0 radical (unpaired) electrons. The predicted octanol–water partition coefficient (Wildman–Crippen LogP) is 4.00. The number of nitrogens with one attached hydrogen (secondary N) is 1. The highest BCUT2D eigenvalue weighted by atomic mass is 16.5. The second kappa shape index (κ2) is 6.33. The molecule has 1 aliphatic heterocycles. The highest BCUT2D eigenvalue weighted by Crippen LogP contribution is 2.51. The molecule has 0 spiro atoms. The van der Waals surface area contributed by atoms with Gasteiger partial charge in [0.2, 0.25) is 0 Å². The van der Waals surface area contributed by atoms with Crippen molar-refractivity contribution in [1.29, 1.82) is 0 Å². The molecule has 1 heterocycles. The van der Waals surface area contributed by atoms with E-state index in [1.54, 1.807) is 18.2 Å². The van der Waals surface area contributed by atoms with E-state index in [9.17, 15) is 14.7 Å². The number of aromatic carboxylic acids is 1. The van der Waals surface area contributed by atoms with E-state index >= 15 is 0 Å². The lowest BCUT2D eigenvalue weighted by molar-refractivity contribution is 0.0600. The second-order valence-corrected chi connectivity index (χ2v) is 6.63. The van der Waals surface area contributed by atoms with Gasteiger partial charge in [0.25, 0.3) is 0 Å². The summed E-state index contributed by atoms with van der Waals surface area (Å²) in [5.74, 6) is -1.00. The Morgan fingerprint density at radius 2 is 1.81 bits per heavy atom. The number of fused-ring (bicyclic) bond motifs is 3. The first-order valence-corrected chi connectivity index (χ1v) is 8.58. The number of hydrogen-bond donors (Lipinski definition) is 2. The molecule has 2 aromatic rings. The molecule has 0 amide bonds. The lowest BCUT2D eigenvalue weighted by Crippen LogP contribution is -2.31. The van der Waals surface area contributed by atoms with E-state index in [-0.39, 0.29) is 23.4 Å². The van der Waals surface area contributed by atoms with Crippen molar-refractivity contribution in [2.24, 2.45) is 5.92 Å². The molecule has 0 fully saturated rings. The van der Waals surface area contributed by atoms with Crippen LogP contribution in [-0.4, -0.2) is 24.2 Å². The third kappa shape index (κ3) is 2.47. The number of carboxylic acids is 1. The third-order valence-corrected chi connectivity index (χ3v) is 5.33. The number of para-hydroxylation sites is 1. The summed E-state index contributed by atoms with van der Waals surface area (Å²) in [5, 5.41) is 13.1. The Morgan fingerprint density at radius 3 is 2.58 bits per heavy atom. The molecular weight excluding hydrogens is 330 g/mol.